The van der Waals surface area contributed by atoms with E-state index in [0.717, 1.165) is 27.6 Å². The lowest BCUT2D eigenvalue weighted by Crippen LogP contribution is -2.11. The monoisotopic (exact) mass is 332 g/mol. The van der Waals surface area contributed by atoms with Crippen molar-refractivity contribution in [2.75, 3.05) is 4.72 Å². The van der Waals surface area contributed by atoms with Crippen LogP contribution in [0.2, 0.25) is 0 Å². The fourth-order valence-corrected chi connectivity index (χ4v) is 4.92. The standard InChI is InChI=1S/C11H16N4O2S3/c1-7(2)5-9-13-14-11(19-9)15-20(16,17)10-4-3-8(6-12)18-10/h3-4,7H,5-6,12H2,1-2H3,(H,14,15). The highest BCUT2D eigenvalue weighted by Crippen LogP contribution is 2.25. The number of thiophene rings is 1. The van der Waals surface area contributed by atoms with Crippen LogP contribution in [0.3, 0.4) is 0 Å². The van der Waals surface area contributed by atoms with Crippen LogP contribution in [0.1, 0.15) is 23.7 Å². The molecule has 2 rings (SSSR count). The maximum atomic E-state index is 12.2. The van der Waals surface area contributed by atoms with Crippen LogP contribution in [0.25, 0.3) is 0 Å². The van der Waals surface area contributed by atoms with E-state index in [-0.39, 0.29) is 4.21 Å². The number of nitrogens with zero attached hydrogens (tertiary/aromatic N) is 2. The first-order chi connectivity index (χ1) is 9.40. The highest BCUT2D eigenvalue weighted by molar-refractivity contribution is 7.94. The van der Waals surface area contributed by atoms with Crippen LogP contribution < -0.4 is 10.5 Å². The van der Waals surface area contributed by atoms with Crippen molar-refractivity contribution in [2.24, 2.45) is 11.7 Å². The van der Waals surface area contributed by atoms with E-state index in [4.69, 9.17) is 5.73 Å². The molecular formula is C11H16N4O2S3. The Balaban J connectivity index is 2.13. The number of nitrogens with one attached hydrogen (secondary N) is 1. The predicted octanol–water partition coefficient (Wildman–Crippen LogP) is 2.06. The Morgan fingerprint density at radius 1 is 1.30 bits per heavy atom. The second kappa shape index (κ2) is 6.17. The zero-order valence-electron chi connectivity index (χ0n) is 11.2. The number of hydrogen-bond donors (Lipinski definition) is 2. The van der Waals surface area contributed by atoms with Crippen molar-refractivity contribution in [3.63, 3.8) is 0 Å². The third kappa shape index (κ3) is 3.75. The molecule has 0 saturated carbocycles. The molecular weight excluding hydrogens is 316 g/mol. The van der Waals surface area contributed by atoms with Crippen LogP contribution in [0, 0.1) is 5.92 Å². The molecule has 0 amide bonds. The summed E-state index contributed by atoms with van der Waals surface area (Å²) in [5.41, 5.74) is 5.48. The van der Waals surface area contributed by atoms with E-state index >= 15 is 0 Å². The molecule has 3 N–H and O–H groups in total. The lowest BCUT2D eigenvalue weighted by molar-refractivity contribution is 0.603. The van der Waals surface area contributed by atoms with Crippen LogP contribution >= 0.6 is 22.7 Å². The molecule has 0 aliphatic heterocycles. The summed E-state index contributed by atoms with van der Waals surface area (Å²) in [4.78, 5) is 0.822. The molecule has 9 heteroatoms. The molecule has 2 aromatic rings. The fraction of sp³-hybridized carbons (Fsp3) is 0.455. The molecule has 0 radical (unpaired) electrons. The quantitative estimate of drug-likeness (QED) is 0.843. The maximum absolute atomic E-state index is 12.2. The zero-order chi connectivity index (χ0) is 14.8. The zero-order valence-corrected chi connectivity index (χ0v) is 13.6. The van der Waals surface area contributed by atoms with Crippen LogP contribution in [-0.2, 0) is 23.0 Å². The normalized spacial score (nSPS) is 12.0. The van der Waals surface area contributed by atoms with Gasteiger partial charge in [-0.3, -0.25) is 4.72 Å². The number of sulfonamides is 1. The Kier molecular flexibility index (Phi) is 4.74. The molecule has 0 unspecified atom stereocenters. The van der Waals surface area contributed by atoms with E-state index in [2.05, 4.69) is 28.8 Å². The molecule has 0 aliphatic carbocycles. The van der Waals surface area contributed by atoms with E-state index in [1.54, 1.807) is 12.1 Å². The van der Waals surface area contributed by atoms with Gasteiger partial charge in [-0.05, 0) is 18.1 Å². The first kappa shape index (κ1) is 15.4. The molecule has 6 nitrogen and oxygen atoms in total. The van der Waals surface area contributed by atoms with Gasteiger partial charge in [0.1, 0.15) is 9.22 Å². The second-order valence-corrected chi connectivity index (χ2v) is 8.77. The van der Waals surface area contributed by atoms with Crippen molar-refractivity contribution in [1.29, 1.82) is 0 Å². The van der Waals surface area contributed by atoms with Gasteiger partial charge in [-0.1, -0.05) is 25.2 Å². The summed E-state index contributed by atoms with van der Waals surface area (Å²) >= 11 is 2.42. The highest BCUT2D eigenvalue weighted by Gasteiger charge is 2.19. The van der Waals surface area contributed by atoms with Crippen LogP contribution in [-0.4, -0.2) is 18.6 Å². The van der Waals surface area contributed by atoms with Crippen LogP contribution in [0.5, 0.6) is 0 Å². The van der Waals surface area contributed by atoms with Gasteiger partial charge in [0.15, 0.2) is 0 Å². The van der Waals surface area contributed by atoms with Crippen molar-refractivity contribution in [2.45, 2.75) is 31.0 Å². The SMILES string of the molecule is CC(C)Cc1nnc(NS(=O)(=O)c2ccc(CN)s2)s1. The van der Waals surface area contributed by atoms with Gasteiger partial charge in [0.2, 0.25) is 5.13 Å². The van der Waals surface area contributed by atoms with Gasteiger partial charge >= 0.3 is 0 Å². The average Bonchev–Trinajstić information content (AvgIpc) is 2.97. The molecule has 0 aromatic carbocycles. The van der Waals surface area contributed by atoms with Gasteiger partial charge in [0.25, 0.3) is 10.0 Å². The van der Waals surface area contributed by atoms with Gasteiger partial charge in [0, 0.05) is 17.8 Å². The van der Waals surface area contributed by atoms with Crippen molar-refractivity contribution in [3.8, 4) is 0 Å². The minimum atomic E-state index is -3.60. The van der Waals surface area contributed by atoms with E-state index in [1.807, 2.05) is 0 Å². The Labute approximate surface area is 126 Å². The van der Waals surface area contributed by atoms with Gasteiger partial charge in [0.05, 0.1) is 0 Å². The van der Waals surface area contributed by atoms with Gasteiger partial charge in [-0.2, -0.15) is 0 Å². The average molecular weight is 332 g/mol. The third-order valence-corrected chi connectivity index (χ3v) is 6.30. The van der Waals surface area contributed by atoms with Gasteiger partial charge < -0.3 is 5.73 Å². The van der Waals surface area contributed by atoms with Crippen molar-refractivity contribution < 1.29 is 8.42 Å². The van der Waals surface area contributed by atoms with E-state index in [1.165, 1.54) is 11.3 Å². The van der Waals surface area contributed by atoms with Crippen molar-refractivity contribution in [1.82, 2.24) is 10.2 Å². The largest absolute Gasteiger partial charge is 0.326 e. The Morgan fingerprint density at radius 2 is 2.05 bits per heavy atom. The van der Waals surface area contributed by atoms with E-state index in [9.17, 15) is 8.42 Å². The smallest absolute Gasteiger partial charge is 0.273 e. The predicted molar refractivity (Wildman–Crippen MR) is 81.5 cm³/mol. The summed E-state index contributed by atoms with van der Waals surface area (Å²) in [7, 11) is -3.60. The van der Waals surface area contributed by atoms with E-state index in [0.29, 0.717) is 17.6 Å². The topological polar surface area (TPSA) is 98.0 Å². The summed E-state index contributed by atoms with van der Waals surface area (Å²) in [5, 5.41) is 8.97. The molecule has 20 heavy (non-hydrogen) atoms. The highest BCUT2D eigenvalue weighted by atomic mass is 32.2. The molecule has 0 aliphatic rings. The Bertz CT molecular complexity index is 675. The summed E-state index contributed by atoms with van der Waals surface area (Å²) in [6, 6.07) is 3.26. The summed E-state index contributed by atoms with van der Waals surface area (Å²) < 4.78 is 27.0. The number of rotatable bonds is 6. The molecule has 0 atom stereocenters. The maximum Gasteiger partial charge on any atom is 0.273 e. The van der Waals surface area contributed by atoms with Crippen LogP contribution in [0.15, 0.2) is 16.3 Å². The molecule has 0 bridgehead atoms. The Morgan fingerprint density at radius 3 is 2.65 bits per heavy atom. The first-order valence-corrected chi connectivity index (χ1v) is 9.16. The molecule has 0 fully saturated rings. The minimum Gasteiger partial charge on any atom is -0.326 e. The van der Waals surface area contributed by atoms with Gasteiger partial charge in [-0.25, -0.2) is 8.42 Å². The number of hydrogen-bond acceptors (Lipinski definition) is 7. The minimum absolute atomic E-state index is 0.235. The number of anilines is 1. The third-order valence-electron chi connectivity index (χ3n) is 2.37. The lowest BCUT2D eigenvalue weighted by atomic mass is 10.1. The Hall–Kier alpha value is -1.03. The fourth-order valence-electron chi connectivity index (χ4n) is 1.50. The summed E-state index contributed by atoms with van der Waals surface area (Å²) in [6.07, 6.45) is 0.787. The first-order valence-electron chi connectivity index (χ1n) is 6.04. The lowest BCUT2D eigenvalue weighted by Gasteiger charge is -2.01. The summed E-state index contributed by atoms with van der Waals surface area (Å²) in [5.74, 6) is 0.455. The second-order valence-electron chi connectivity index (χ2n) is 4.63. The molecule has 110 valence electrons. The van der Waals surface area contributed by atoms with Gasteiger partial charge in [-0.15, -0.1) is 21.5 Å². The summed E-state index contributed by atoms with van der Waals surface area (Å²) in [6.45, 7) is 4.48. The molecule has 0 saturated heterocycles. The van der Waals surface area contributed by atoms with E-state index < -0.39 is 10.0 Å². The number of aromatic nitrogens is 2. The molecule has 2 heterocycles. The molecule has 2 aromatic heterocycles. The van der Waals surface area contributed by atoms with Crippen LogP contribution in [0.4, 0.5) is 5.13 Å². The molecule has 0 spiro atoms. The van der Waals surface area contributed by atoms with Crippen molar-refractivity contribution in [3.05, 3.63) is 22.0 Å². The number of nitrogens with two attached hydrogens (primary N) is 1. The van der Waals surface area contributed by atoms with Crippen molar-refractivity contribution >= 4 is 37.8 Å².